The summed E-state index contributed by atoms with van der Waals surface area (Å²) in [5, 5.41) is 5.62. The van der Waals surface area contributed by atoms with Crippen LogP contribution in [0.2, 0.25) is 0 Å². The predicted molar refractivity (Wildman–Crippen MR) is 69.2 cm³/mol. The summed E-state index contributed by atoms with van der Waals surface area (Å²) in [6.45, 7) is 0. The maximum Gasteiger partial charge on any atom is 0.259 e. The number of fused-ring (bicyclic) bond motifs is 2. The van der Waals surface area contributed by atoms with E-state index in [9.17, 15) is 4.79 Å². The van der Waals surface area contributed by atoms with Gasteiger partial charge in [-0.25, -0.2) is 0 Å². The van der Waals surface area contributed by atoms with E-state index < -0.39 is 0 Å². The first-order valence-electron chi connectivity index (χ1n) is 5.46. The number of allylic oxidation sites excluding steroid dienone is 2. The Kier molecular flexibility index (Phi) is 2.59. The number of carbonyl (C=O) groups excluding carboxylic acids is 1. The molecule has 5 heteroatoms. The van der Waals surface area contributed by atoms with E-state index in [1.807, 2.05) is 6.21 Å². The molecule has 0 aromatic rings. The molecule has 84 valence electrons. The van der Waals surface area contributed by atoms with Crippen molar-refractivity contribution < 1.29 is 4.79 Å². The van der Waals surface area contributed by atoms with Crippen LogP contribution in [-0.4, -0.2) is 27.2 Å². The third-order valence-electron chi connectivity index (χ3n) is 3.43. The van der Waals surface area contributed by atoms with Gasteiger partial charge in [0.2, 0.25) is 0 Å². The Balaban J connectivity index is 1.68. The minimum absolute atomic E-state index is 0.00458. The number of thioether (sulfide) groups is 1. The van der Waals surface area contributed by atoms with Crippen molar-refractivity contribution in [2.24, 2.45) is 22.9 Å². The highest BCUT2D eigenvalue weighted by molar-refractivity contribution is 8.23. The van der Waals surface area contributed by atoms with Gasteiger partial charge < -0.3 is 0 Å². The van der Waals surface area contributed by atoms with Crippen LogP contribution in [0.5, 0.6) is 0 Å². The maximum absolute atomic E-state index is 11.4. The molecule has 0 aromatic carbocycles. The van der Waals surface area contributed by atoms with Gasteiger partial charge in [-0.3, -0.25) is 4.79 Å². The van der Waals surface area contributed by atoms with E-state index in [1.54, 1.807) is 0 Å². The van der Waals surface area contributed by atoms with Crippen LogP contribution < -0.4 is 0 Å². The number of hydrogen-bond donors (Lipinski definition) is 0. The SMILES string of the molecule is O=C1CSC(=S)N1/N=C\[C@@H]1C[C@H]2C=C[C@@H]1C2. The summed E-state index contributed by atoms with van der Waals surface area (Å²) in [6.07, 6.45) is 8.93. The first kappa shape index (κ1) is 10.5. The first-order valence-corrected chi connectivity index (χ1v) is 6.85. The van der Waals surface area contributed by atoms with Crippen molar-refractivity contribution in [3.8, 4) is 0 Å². The molecule has 3 rings (SSSR count). The number of carbonyl (C=O) groups is 1. The lowest BCUT2D eigenvalue weighted by atomic mass is 9.95. The summed E-state index contributed by atoms with van der Waals surface area (Å²) in [4.78, 5) is 11.4. The van der Waals surface area contributed by atoms with Crippen molar-refractivity contribution >= 4 is 40.4 Å². The number of rotatable bonds is 2. The van der Waals surface area contributed by atoms with E-state index >= 15 is 0 Å². The highest BCUT2D eigenvalue weighted by Gasteiger charge is 2.35. The monoisotopic (exact) mass is 252 g/mol. The minimum atomic E-state index is 0.00458. The summed E-state index contributed by atoms with van der Waals surface area (Å²) < 4.78 is 0.583. The topological polar surface area (TPSA) is 32.7 Å². The Labute approximate surface area is 104 Å². The molecule has 1 saturated carbocycles. The Morgan fingerprint density at radius 3 is 2.94 bits per heavy atom. The molecule has 2 aliphatic carbocycles. The molecular formula is C11H12N2OS2. The van der Waals surface area contributed by atoms with Gasteiger partial charge in [0, 0.05) is 12.1 Å². The van der Waals surface area contributed by atoms with E-state index in [0.717, 1.165) is 5.92 Å². The van der Waals surface area contributed by atoms with Crippen LogP contribution in [-0.2, 0) is 4.79 Å². The first-order chi connectivity index (χ1) is 7.74. The van der Waals surface area contributed by atoms with E-state index in [1.165, 1.54) is 29.6 Å². The van der Waals surface area contributed by atoms with Gasteiger partial charge in [-0.2, -0.15) is 10.1 Å². The highest BCUT2D eigenvalue weighted by Crippen LogP contribution is 2.42. The molecule has 0 aromatic heterocycles. The largest absolute Gasteiger partial charge is 0.272 e. The van der Waals surface area contributed by atoms with E-state index in [-0.39, 0.29) is 5.91 Å². The fraction of sp³-hybridized carbons (Fsp3) is 0.545. The number of hydrogen-bond acceptors (Lipinski definition) is 4. The van der Waals surface area contributed by atoms with Crippen LogP contribution in [0.3, 0.4) is 0 Å². The molecule has 3 nitrogen and oxygen atoms in total. The number of hydrazone groups is 1. The summed E-state index contributed by atoms with van der Waals surface area (Å²) in [5.74, 6) is 2.30. The average Bonchev–Trinajstić information content (AvgIpc) is 2.94. The van der Waals surface area contributed by atoms with Crippen LogP contribution in [0.25, 0.3) is 0 Å². The molecule has 2 bridgehead atoms. The van der Waals surface area contributed by atoms with Gasteiger partial charge in [0.05, 0.1) is 5.75 Å². The van der Waals surface area contributed by atoms with Gasteiger partial charge in [-0.05, 0) is 24.7 Å². The fourth-order valence-corrected chi connectivity index (χ4v) is 3.57. The average molecular weight is 252 g/mol. The molecule has 1 aliphatic heterocycles. The summed E-state index contributed by atoms with van der Waals surface area (Å²) in [5.41, 5.74) is 0. The number of amides is 1. The van der Waals surface area contributed by atoms with Gasteiger partial charge >= 0.3 is 0 Å². The molecule has 3 aliphatic rings. The zero-order valence-electron chi connectivity index (χ0n) is 8.70. The Morgan fingerprint density at radius 2 is 2.38 bits per heavy atom. The van der Waals surface area contributed by atoms with Gasteiger partial charge in [0.1, 0.15) is 0 Å². The Bertz CT molecular complexity index is 389. The molecule has 16 heavy (non-hydrogen) atoms. The second kappa shape index (κ2) is 3.96. The molecular weight excluding hydrogens is 240 g/mol. The van der Waals surface area contributed by atoms with Crippen LogP contribution in [0, 0.1) is 17.8 Å². The summed E-state index contributed by atoms with van der Waals surface area (Å²) in [6, 6.07) is 0. The quantitative estimate of drug-likeness (QED) is 0.428. The van der Waals surface area contributed by atoms with Crippen molar-refractivity contribution in [2.75, 3.05) is 5.75 Å². The Hall–Kier alpha value is -0.680. The number of nitrogens with zero attached hydrogens (tertiary/aromatic N) is 2. The third kappa shape index (κ3) is 1.72. The van der Waals surface area contributed by atoms with Crippen LogP contribution in [0.1, 0.15) is 12.8 Å². The lowest BCUT2D eigenvalue weighted by molar-refractivity contribution is -0.124. The molecule has 0 spiro atoms. The molecule has 0 N–H and O–H groups in total. The minimum Gasteiger partial charge on any atom is -0.272 e. The third-order valence-corrected chi connectivity index (χ3v) is 4.77. The Morgan fingerprint density at radius 1 is 1.50 bits per heavy atom. The highest BCUT2D eigenvalue weighted by atomic mass is 32.2. The van der Waals surface area contributed by atoms with Crippen LogP contribution in [0.15, 0.2) is 17.3 Å². The van der Waals surface area contributed by atoms with Crippen molar-refractivity contribution in [1.82, 2.24) is 5.01 Å². The molecule has 1 heterocycles. The van der Waals surface area contributed by atoms with E-state index in [2.05, 4.69) is 17.3 Å². The van der Waals surface area contributed by atoms with Crippen molar-refractivity contribution in [1.29, 1.82) is 0 Å². The molecule has 0 radical (unpaired) electrons. The maximum atomic E-state index is 11.4. The fourth-order valence-electron chi connectivity index (χ4n) is 2.61. The molecule has 1 amide bonds. The van der Waals surface area contributed by atoms with Crippen molar-refractivity contribution in [2.45, 2.75) is 12.8 Å². The number of thiocarbonyl (C=S) groups is 1. The summed E-state index contributed by atoms with van der Waals surface area (Å²) in [7, 11) is 0. The van der Waals surface area contributed by atoms with Gasteiger partial charge in [0.15, 0.2) is 4.32 Å². The summed E-state index contributed by atoms with van der Waals surface area (Å²) >= 11 is 6.46. The zero-order chi connectivity index (χ0) is 11.1. The second-order valence-electron chi connectivity index (χ2n) is 4.47. The normalized spacial score (nSPS) is 37.2. The van der Waals surface area contributed by atoms with Gasteiger partial charge in [0.25, 0.3) is 5.91 Å². The molecule has 1 saturated heterocycles. The zero-order valence-corrected chi connectivity index (χ0v) is 10.3. The van der Waals surface area contributed by atoms with Crippen molar-refractivity contribution in [3.63, 3.8) is 0 Å². The van der Waals surface area contributed by atoms with E-state index in [4.69, 9.17) is 12.2 Å². The predicted octanol–water partition coefficient (Wildman–Crippen LogP) is 2.04. The van der Waals surface area contributed by atoms with Crippen LogP contribution in [0.4, 0.5) is 0 Å². The standard InChI is InChI=1S/C11H12N2OS2/c14-10-6-16-11(15)13(10)12-5-9-4-7-1-2-8(9)3-7/h1-2,5,7-9H,3-4,6H2/b12-5-/t7-,8+,9-/m0/s1. The van der Waals surface area contributed by atoms with Crippen LogP contribution >= 0.6 is 24.0 Å². The lowest BCUT2D eigenvalue weighted by Crippen LogP contribution is -2.23. The van der Waals surface area contributed by atoms with Crippen molar-refractivity contribution in [3.05, 3.63) is 12.2 Å². The smallest absolute Gasteiger partial charge is 0.259 e. The molecule has 0 unspecified atom stereocenters. The molecule has 2 fully saturated rings. The van der Waals surface area contributed by atoms with Gasteiger partial charge in [-0.1, -0.05) is 36.1 Å². The lowest BCUT2D eigenvalue weighted by Gasteiger charge is -2.14. The van der Waals surface area contributed by atoms with E-state index in [0.29, 0.717) is 21.9 Å². The molecule has 3 atom stereocenters. The second-order valence-corrected chi connectivity index (χ2v) is 6.08. The van der Waals surface area contributed by atoms with Gasteiger partial charge in [-0.15, -0.1) is 0 Å².